The van der Waals surface area contributed by atoms with Crippen molar-refractivity contribution in [2.45, 2.75) is 0 Å². The van der Waals surface area contributed by atoms with Gasteiger partial charge in [0.25, 0.3) is 5.91 Å². The van der Waals surface area contributed by atoms with E-state index in [0.29, 0.717) is 44.4 Å². The minimum absolute atomic E-state index is 0.0962. The molecule has 0 saturated carbocycles. The Morgan fingerprint density at radius 1 is 1.44 bits per heavy atom. The Morgan fingerprint density at radius 3 is 2.83 bits per heavy atom. The molecular formula is C12H16N4O2. The monoisotopic (exact) mass is 248 g/mol. The van der Waals surface area contributed by atoms with E-state index in [9.17, 15) is 4.79 Å². The maximum Gasteiger partial charge on any atom is 0.274 e. The molecule has 2 heterocycles. The SMILES string of the molecule is C=CCNc1ccc(C(=O)N2CCOCC2)nn1. The number of anilines is 1. The molecule has 1 aliphatic rings. The Bertz CT molecular complexity index is 413. The van der Waals surface area contributed by atoms with E-state index in [1.165, 1.54) is 0 Å². The zero-order valence-electron chi connectivity index (χ0n) is 10.1. The number of ether oxygens (including phenoxy) is 1. The molecule has 1 amide bonds. The molecule has 1 fully saturated rings. The largest absolute Gasteiger partial charge is 0.378 e. The molecule has 1 aromatic rings. The summed E-state index contributed by atoms with van der Waals surface area (Å²) in [5.41, 5.74) is 0.362. The van der Waals surface area contributed by atoms with Gasteiger partial charge in [-0.05, 0) is 12.1 Å². The zero-order valence-corrected chi connectivity index (χ0v) is 10.1. The molecule has 0 radical (unpaired) electrons. The molecule has 1 aliphatic heterocycles. The van der Waals surface area contributed by atoms with Crippen LogP contribution in [0.5, 0.6) is 0 Å². The van der Waals surface area contributed by atoms with Gasteiger partial charge >= 0.3 is 0 Å². The summed E-state index contributed by atoms with van der Waals surface area (Å²) in [4.78, 5) is 13.8. The van der Waals surface area contributed by atoms with Gasteiger partial charge in [0, 0.05) is 19.6 Å². The highest BCUT2D eigenvalue weighted by atomic mass is 16.5. The van der Waals surface area contributed by atoms with Crippen LogP contribution in [-0.2, 0) is 4.74 Å². The number of morpholine rings is 1. The molecule has 0 aliphatic carbocycles. The van der Waals surface area contributed by atoms with Gasteiger partial charge in [-0.1, -0.05) is 6.08 Å². The van der Waals surface area contributed by atoms with E-state index in [0.717, 1.165) is 0 Å². The smallest absolute Gasteiger partial charge is 0.274 e. The van der Waals surface area contributed by atoms with Gasteiger partial charge < -0.3 is 15.0 Å². The molecular weight excluding hydrogens is 232 g/mol. The molecule has 0 spiro atoms. The zero-order chi connectivity index (χ0) is 12.8. The number of nitrogens with zero attached hydrogens (tertiary/aromatic N) is 3. The summed E-state index contributed by atoms with van der Waals surface area (Å²) in [5.74, 6) is 0.537. The molecule has 1 aromatic heterocycles. The van der Waals surface area contributed by atoms with Gasteiger partial charge in [0.1, 0.15) is 5.82 Å². The summed E-state index contributed by atoms with van der Waals surface area (Å²) >= 11 is 0. The average molecular weight is 248 g/mol. The molecule has 96 valence electrons. The first-order valence-electron chi connectivity index (χ1n) is 5.87. The third-order valence-corrected chi connectivity index (χ3v) is 2.61. The third kappa shape index (κ3) is 3.04. The Kier molecular flexibility index (Phi) is 4.25. The maximum absolute atomic E-state index is 12.1. The number of carbonyl (C=O) groups is 1. The van der Waals surface area contributed by atoms with E-state index in [4.69, 9.17) is 4.74 Å². The number of carbonyl (C=O) groups excluding carboxylic acids is 1. The van der Waals surface area contributed by atoms with Crippen molar-refractivity contribution in [3.8, 4) is 0 Å². The normalized spacial score (nSPS) is 15.2. The van der Waals surface area contributed by atoms with Crippen LogP contribution in [0.25, 0.3) is 0 Å². The first-order chi connectivity index (χ1) is 8.81. The van der Waals surface area contributed by atoms with Crippen molar-refractivity contribution in [3.63, 3.8) is 0 Å². The first kappa shape index (κ1) is 12.5. The molecule has 0 atom stereocenters. The van der Waals surface area contributed by atoms with E-state index >= 15 is 0 Å². The van der Waals surface area contributed by atoms with E-state index in [1.807, 2.05) is 0 Å². The summed E-state index contributed by atoms with van der Waals surface area (Å²) in [5, 5.41) is 10.9. The first-order valence-corrected chi connectivity index (χ1v) is 5.87. The second-order valence-electron chi connectivity index (χ2n) is 3.88. The van der Waals surface area contributed by atoms with Crippen LogP contribution in [0.2, 0.25) is 0 Å². The van der Waals surface area contributed by atoms with Crippen LogP contribution in [0.1, 0.15) is 10.5 Å². The summed E-state index contributed by atoms with van der Waals surface area (Å²) in [7, 11) is 0. The quantitative estimate of drug-likeness (QED) is 0.788. The van der Waals surface area contributed by atoms with Crippen molar-refractivity contribution < 1.29 is 9.53 Å². The molecule has 2 rings (SSSR count). The number of amides is 1. The van der Waals surface area contributed by atoms with Crippen LogP contribution >= 0.6 is 0 Å². The van der Waals surface area contributed by atoms with Crippen molar-refractivity contribution in [2.24, 2.45) is 0 Å². The van der Waals surface area contributed by atoms with E-state index < -0.39 is 0 Å². The fourth-order valence-corrected chi connectivity index (χ4v) is 1.65. The molecule has 0 unspecified atom stereocenters. The highest BCUT2D eigenvalue weighted by molar-refractivity contribution is 5.92. The van der Waals surface area contributed by atoms with E-state index in [-0.39, 0.29) is 5.91 Å². The summed E-state index contributed by atoms with van der Waals surface area (Å²) in [6, 6.07) is 3.42. The number of aromatic nitrogens is 2. The van der Waals surface area contributed by atoms with Gasteiger partial charge in [-0.3, -0.25) is 4.79 Å². The molecule has 1 saturated heterocycles. The number of hydrogen-bond donors (Lipinski definition) is 1. The van der Waals surface area contributed by atoms with Crippen molar-refractivity contribution in [3.05, 3.63) is 30.5 Å². The molecule has 1 N–H and O–H groups in total. The predicted octanol–water partition coefficient (Wildman–Crippen LogP) is 0.547. The van der Waals surface area contributed by atoms with Crippen LogP contribution in [0, 0.1) is 0 Å². The lowest BCUT2D eigenvalue weighted by molar-refractivity contribution is 0.0298. The third-order valence-electron chi connectivity index (χ3n) is 2.61. The number of rotatable bonds is 4. The minimum Gasteiger partial charge on any atom is -0.378 e. The fraction of sp³-hybridized carbons (Fsp3) is 0.417. The van der Waals surface area contributed by atoms with Crippen LogP contribution in [-0.4, -0.2) is 53.9 Å². The van der Waals surface area contributed by atoms with Crippen LogP contribution in [0.15, 0.2) is 24.8 Å². The van der Waals surface area contributed by atoms with E-state index in [1.54, 1.807) is 23.1 Å². The summed E-state index contributed by atoms with van der Waals surface area (Å²) in [6.45, 7) is 6.60. The topological polar surface area (TPSA) is 67.4 Å². The average Bonchev–Trinajstić information content (AvgIpc) is 2.46. The Balaban J connectivity index is 1.99. The lowest BCUT2D eigenvalue weighted by Crippen LogP contribution is -2.41. The predicted molar refractivity (Wildman–Crippen MR) is 67.4 cm³/mol. The van der Waals surface area contributed by atoms with Gasteiger partial charge in [0.2, 0.25) is 0 Å². The second kappa shape index (κ2) is 6.11. The summed E-state index contributed by atoms with van der Waals surface area (Å²) in [6.07, 6.45) is 1.73. The van der Waals surface area contributed by atoms with Crippen molar-refractivity contribution in [1.82, 2.24) is 15.1 Å². The Labute approximate surface area is 106 Å². The molecule has 0 bridgehead atoms. The highest BCUT2D eigenvalue weighted by Gasteiger charge is 2.19. The van der Waals surface area contributed by atoms with Crippen molar-refractivity contribution in [1.29, 1.82) is 0 Å². The Morgan fingerprint density at radius 2 is 2.22 bits per heavy atom. The van der Waals surface area contributed by atoms with Gasteiger partial charge in [-0.25, -0.2) is 0 Å². The van der Waals surface area contributed by atoms with Crippen LogP contribution < -0.4 is 5.32 Å². The molecule has 6 heteroatoms. The van der Waals surface area contributed by atoms with Gasteiger partial charge in [-0.15, -0.1) is 16.8 Å². The highest BCUT2D eigenvalue weighted by Crippen LogP contribution is 2.06. The van der Waals surface area contributed by atoms with Crippen LogP contribution in [0.3, 0.4) is 0 Å². The number of nitrogens with one attached hydrogen (secondary N) is 1. The van der Waals surface area contributed by atoms with Gasteiger partial charge in [0.05, 0.1) is 13.2 Å². The molecule has 0 aromatic carbocycles. The maximum atomic E-state index is 12.1. The van der Waals surface area contributed by atoms with Gasteiger partial charge in [-0.2, -0.15) is 0 Å². The fourth-order valence-electron chi connectivity index (χ4n) is 1.65. The second-order valence-corrected chi connectivity index (χ2v) is 3.88. The lowest BCUT2D eigenvalue weighted by atomic mass is 10.3. The number of hydrogen-bond acceptors (Lipinski definition) is 5. The Hall–Kier alpha value is -1.95. The summed E-state index contributed by atoms with van der Waals surface area (Å²) < 4.78 is 5.20. The standard InChI is InChI=1S/C12H16N4O2/c1-2-5-13-11-4-3-10(14-15-11)12(17)16-6-8-18-9-7-16/h2-4H,1,5-9H2,(H,13,15). The minimum atomic E-state index is -0.0962. The molecule has 18 heavy (non-hydrogen) atoms. The molecule has 6 nitrogen and oxygen atoms in total. The van der Waals surface area contributed by atoms with Crippen molar-refractivity contribution in [2.75, 3.05) is 38.2 Å². The van der Waals surface area contributed by atoms with Crippen LogP contribution in [0.4, 0.5) is 5.82 Å². The van der Waals surface area contributed by atoms with E-state index in [2.05, 4.69) is 22.1 Å². The lowest BCUT2D eigenvalue weighted by Gasteiger charge is -2.26. The van der Waals surface area contributed by atoms with Crippen molar-refractivity contribution >= 4 is 11.7 Å². The van der Waals surface area contributed by atoms with Gasteiger partial charge in [0.15, 0.2) is 5.69 Å².